The zero-order valence-electron chi connectivity index (χ0n) is 20.7. The third-order valence-corrected chi connectivity index (χ3v) is 6.48. The molecule has 39 heavy (non-hydrogen) atoms. The number of aromatic nitrogens is 6. The van der Waals surface area contributed by atoms with Crippen molar-refractivity contribution in [2.24, 2.45) is 10.2 Å². The summed E-state index contributed by atoms with van der Waals surface area (Å²) >= 11 is 34.0. The molecule has 0 fully saturated rings. The normalized spacial score (nSPS) is 11.0. The Bertz CT molecular complexity index is 1330. The molecule has 4 rings (SSSR count). The van der Waals surface area contributed by atoms with Crippen LogP contribution in [0.5, 0.6) is 0 Å². The average Bonchev–Trinajstić information content (AvgIpc) is 3.40. The van der Waals surface area contributed by atoms with E-state index in [1.807, 2.05) is 0 Å². The molecule has 0 amide bonds. The van der Waals surface area contributed by atoms with Crippen LogP contribution in [0.15, 0.2) is 56.9 Å². The monoisotopic (exact) mass is 689 g/mol. The minimum Gasteiger partial charge on any atom is -0.738 e. The standard InChI is InChI=1S/2C12H12Cl2N4S.Cu/c2*1-2-3-11-16-17-12(19)18(11)15-7-8-4-5-9(13)6-10(8)14;/h2*4-7H,2-3H2,1H3,(H,17,19);/q;;+2/p-2/b2*15-7+;. The Morgan fingerprint density at radius 1 is 0.692 bits per heavy atom. The molecule has 0 aliphatic heterocycles. The van der Waals surface area contributed by atoms with Gasteiger partial charge in [-0.25, -0.2) is 9.35 Å². The number of hydrogen-bond acceptors (Lipinski definition) is 8. The summed E-state index contributed by atoms with van der Waals surface area (Å²) in [4.78, 5) is 0. The van der Waals surface area contributed by atoms with E-state index in [0.29, 0.717) is 30.4 Å². The number of halogens is 4. The first-order chi connectivity index (χ1) is 18.2. The summed E-state index contributed by atoms with van der Waals surface area (Å²) in [5.41, 5.74) is 1.52. The van der Waals surface area contributed by atoms with E-state index in [1.165, 1.54) is 0 Å². The van der Waals surface area contributed by atoms with Crippen LogP contribution in [0.2, 0.25) is 20.1 Å². The van der Waals surface area contributed by atoms with Crippen molar-refractivity contribution in [2.75, 3.05) is 0 Å². The molecule has 0 bridgehead atoms. The van der Waals surface area contributed by atoms with Gasteiger partial charge in [0.05, 0.1) is 22.5 Å². The molecule has 2 heterocycles. The van der Waals surface area contributed by atoms with Crippen LogP contribution in [0.3, 0.4) is 0 Å². The van der Waals surface area contributed by atoms with Gasteiger partial charge >= 0.3 is 17.1 Å². The van der Waals surface area contributed by atoms with Crippen LogP contribution < -0.4 is 0 Å². The largest absolute Gasteiger partial charge is 2.00 e. The fourth-order valence-electron chi connectivity index (χ4n) is 3.03. The number of hydrogen-bond donors (Lipinski definition) is 0. The van der Waals surface area contributed by atoms with Gasteiger partial charge in [0.25, 0.3) is 0 Å². The van der Waals surface area contributed by atoms with E-state index < -0.39 is 0 Å². The fraction of sp³-hybridized carbons (Fsp3) is 0.250. The summed E-state index contributed by atoms with van der Waals surface area (Å²) in [7, 11) is 0. The molecule has 0 atom stereocenters. The second-order valence-electron chi connectivity index (χ2n) is 7.74. The zero-order chi connectivity index (χ0) is 27.7. The Balaban J connectivity index is 0.000000267. The fourth-order valence-corrected chi connectivity index (χ4v) is 4.34. The van der Waals surface area contributed by atoms with Gasteiger partial charge in [-0.1, -0.05) is 72.4 Å². The number of rotatable bonds is 8. The quantitative estimate of drug-likeness (QED) is 0.117. The van der Waals surface area contributed by atoms with Gasteiger partial charge in [0.1, 0.15) is 0 Å². The number of aryl methyl sites for hydroxylation is 2. The first kappa shape index (κ1) is 33.4. The second kappa shape index (κ2) is 16.4. The maximum absolute atomic E-state index is 6.07. The van der Waals surface area contributed by atoms with E-state index in [0.717, 1.165) is 48.5 Å². The first-order valence-electron chi connectivity index (χ1n) is 11.4. The van der Waals surface area contributed by atoms with Gasteiger partial charge < -0.3 is 25.3 Å². The zero-order valence-corrected chi connectivity index (χ0v) is 26.3. The van der Waals surface area contributed by atoms with Crippen molar-refractivity contribution in [3.05, 3.63) is 79.3 Å². The van der Waals surface area contributed by atoms with Crippen molar-refractivity contribution in [3.63, 3.8) is 0 Å². The first-order valence-corrected chi connectivity index (χ1v) is 13.8. The molecular formula is C24H22Cl4CuN8S2. The summed E-state index contributed by atoms with van der Waals surface area (Å²) in [6, 6.07) is 10.4. The number of benzene rings is 2. The average molecular weight is 692 g/mol. The third-order valence-electron chi connectivity index (χ3n) is 4.85. The number of nitrogens with zero attached hydrogens (tertiary/aromatic N) is 8. The van der Waals surface area contributed by atoms with Crippen LogP contribution in [-0.2, 0) is 55.2 Å². The van der Waals surface area contributed by atoms with Gasteiger partial charge in [-0.15, -0.1) is 10.2 Å². The van der Waals surface area contributed by atoms with E-state index in [-0.39, 0.29) is 17.1 Å². The molecular weight excluding hydrogens is 670 g/mol. The molecule has 0 unspecified atom stereocenters. The summed E-state index contributed by atoms with van der Waals surface area (Å²) in [6.45, 7) is 4.11. The Morgan fingerprint density at radius 3 is 1.41 bits per heavy atom. The van der Waals surface area contributed by atoms with Crippen molar-refractivity contribution in [2.45, 2.75) is 49.8 Å². The molecule has 2 aromatic heterocycles. The van der Waals surface area contributed by atoms with Crippen molar-refractivity contribution < 1.29 is 17.1 Å². The molecule has 209 valence electrons. The van der Waals surface area contributed by atoms with Crippen molar-refractivity contribution in [1.29, 1.82) is 0 Å². The van der Waals surface area contributed by atoms with E-state index in [9.17, 15) is 0 Å². The van der Waals surface area contributed by atoms with Crippen LogP contribution in [0, 0.1) is 0 Å². The molecule has 15 heteroatoms. The minimum atomic E-state index is 0. The van der Waals surface area contributed by atoms with Gasteiger partial charge in [0.2, 0.25) is 0 Å². The summed E-state index contributed by atoms with van der Waals surface area (Å²) in [5, 5.41) is 27.2. The molecule has 0 saturated heterocycles. The molecule has 0 aliphatic rings. The second-order valence-corrected chi connectivity index (χ2v) is 10.2. The van der Waals surface area contributed by atoms with Crippen molar-refractivity contribution in [1.82, 2.24) is 29.7 Å². The predicted octanol–water partition coefficient (Wildman–Crippen LogP) is 6.65. The van der Waals surface area contributed by atoms with E-state index >= 15 is 0 Å². The van der Waals surface area contributed by atoms with Crippen LogP contribution in [0.25, 0.3) is 0 Å². The molecule has 2 aromatic carbocycles. The van der Waals surface area contributed by atoms with E-state index in [2.05, 4.69) is 44.4 Å². The third kappa shape index (κ3) is 9.65. The topological polar surface area (TPSA) is 86.1 Å². The molecule has 0 N–H and O–H groups in total. The van der Waals surface area contributed by atoms with E-state index in [1.54, 1.807) is 58.2 Å². The van der Waals surface area contributed by atoms with Gasteiger partial charge in [0.15, 0.2) is 11.6 Å². The van der Waals surface area contributed by atoms with Crippen LogP contribution >= 0.6 is 46.4 Å². The van der Waals surface area contributed by atoms with Gasteiger partial charge in [-0.05, 0) is 37.1 Å². The smallest absolute Gasteiger partial charge is 0.738 e. The van der Waals surface area contributed by atoms with Crippen molar-refractivity contribution in [3.8, 4) is 0 Å². The Hall–Kier alpha value is -1.82. The molecule has 0 saturated carbocycles. The molecule has 1 radical (unpaired) electrons. The Kier molecular flexibility index (Phi) is 14.1. The summed E-state index contributed by atoms with van der Waals surface area (Å²) in [5.74, 6) is 1.49. The van der Waals surface area contributed by atoms with Crippen LogP contribution in [0.4, 0.5) is 0 Å². The molecule has 0 spiro atoms. The summed E-state index contributed by atoms with van der Waals surface area (Å²) in [6.07, 6.45) is 6.69. The minimum absolute atomic E-state index is 0. The Morgan fingerprint density at radius 2 is 1.08 bits per heavy atom. The van der Waals surface area contributed by atoms with Gasteiger partial charge in [-0.2, -0.15) is 20.4 Å². The molecule has 8 nitrogen and oxygen atoms in total. The maximum Gasteiger partial charge on any atom is 2.00 e. The summed E-state index contributed by atoms with van der Waals surface area (Å²) < 4.78 is 3.09. The van der Waals surface area contributed by atoms with Crippen LogP contribution in [-0.4, -0.2) is 42.2 Å². The SMILES string of the molecule is CCCc1nnc([S-])n1/N=C/c1ccc(Cl)cc1Cl.CCCc1nnc([S-])n1/N=C/c1ccc(Cl)cc1Cl.[Cu+2]. The van der Waals surface area contributed by atoms with Gasteiger partial charge in [-0.3, -0.25) is 0 Å². The van der Waals surface area contributed by atoms with Crippen molar-refractivity contribution >= 4 is 84.1 Å². The van der Waals surface area contributed by atoms with Crippen LogP contribution in [0.1, 0.15) is 49.5 Å². The molecule has 0 aliphatic carbocycles. The van der Waals surface area contributed by atoms with E-state index in [4.69, 9.17) is 71.7 Å². The molecule has 4 aromatic rings. The van der Waals surface area contributed by atoms with Gasteiger partial charge in [0, 0.05) is 44.3 Å². The maximum atomic E-state index is 6.07. The predicted molar refractivity (Wildman–Crippen MR) is 158 cm³/mol. The Labute approximate surface area is 268 Å².